The van der Waals surface area contributed by atoms with Gasteiger partial charge in [0.05, 0.1) is 17.8 Å². The summed E-state index contributed by atoms with van der Waals surface area (Å²) in [5.41, 5.74) is 5.74. The number of hydrogen-bond donors (Lipinski definition) is 4. The Balaban J connectivity index is 0.00000500. The minimum absolute atomic E-state index is 0. The molecular weight excluding hydrogens is 613 g/mol. The Morgan fingerprint density at radius 2 is 1.66 bits per heavy atom. The third-order valence-corrected chi connectivity index (χ3v) is 8.98. The van der Waals surface area contributed by atoms with Crippen molar-refractivity contribution >= 4 is 29.8 Å². The van der Waals surface area contributed by atoms with Crippen LogP contribution in [0.15, 0.2) is 85.2 Å². The lowest BCUT2D eigenvalue weighted by molar-refractivity contribution is -0.120. The number of amides is 1. The van der Waals surface area contributed by atoms with Gasteiger partial charge < -0.3 is 21.1 Å². The molecule has 1 aliphatic carbocycles. The zero-order valence-electron chi connectivity index (χ0n) is 27.7. The van der Waals surface area contributed by atoms with Crippen LogP contribution in [0.4, 0.5) is 15.9 Å². The monoisotopic (exact) mass is 659 g/mol. The second kappa shape index (κ2) is 15.8. The van der Waals surface area contributed by atoms with Gasteiger partial charge in [0.1, 0.15) is 18.0 Å². The van der Waals surface area contributed by atoms with Crippen LogP contribution >= 0.6 is 12.4 Å². The molecule has 0 unspecified atom stereocenters. The predicted octanol–water partition coefficient (Wildman–Crippen LogP) is 7.60. The summed E-state index contributed by atoms with van der Waals surface area (Å²) >= 11 is 0. The first kappa shape index (κ1) is 36.0. The molecule has 0 spiro atoms. The van der Waals surface area contributed by atoms with Gasteiger partial charge in [-0.1, -0.05) is 76.4 Å². The smallest absolute Gasteiger partial charge is 0.217 e. The molecule has 250 valence electrons. The number of aliphatic hydroxyl groups excluding tert-OH is 1. The van der Waals surface area contributed by atoms with Gasteiger partial charge in [0, 0.05) is 36.3 Å². The van der Waals surface area contributed by atoms with E-state index < -0.39 is 12.1 Å². The van der Waals surface area contributed by atoms with Gasteiger partial charge in [-0.25, -0.2) is 14.4 Å². The van der Waals surface area contributed by atoms with E-state index in [1.165, 1.54) is 42.9 Å². The van der Waals surface area contributed by atoms with Crippen molar-refractivity contribution in [3.05, 3.63) is 108 Å². The summed E-state index contributed by atoms with van der Waals surface area (Å²) in [6.07, 6.45) is 6.71. The Kier molecular flexibility index (Phi) is 12.1. The molecule has 5 rings (SSSR count). The van der Waals surface area contributed by atoms with E-state index in [9.17, 15) is 14.3 Å². The summed E-state index contributed by atoms with van der Waals surface area (Å²) < 4.78 is 13.3. The highest BCUT2D eigenvalue weighted by molar-refractivity contribution is 5.85. The summed E-state index contributed by atoms with van der Waals surface area (Å²) in [6, 6.07) is 24.3. The van der Waals surface area contributed by atoms with Crippen LogP contribution in [0.5, 0.6) is 0 Å². The third kappa shape index (κ3) is 9.60. The van der Waals surface area contributed by atoms with Crippen LogP contribution in [0.25, 0.3) is 11.3 Å². The standard InChI is InChI=1S/C38H46FN5O2.ClH/c1-26(45)43-34(35(46)24-42-38(19-6-5-7-20-38)30-10-8-9-29(22-30)37(2,3)4)21-27-11-17-32(18-12-27)44-36-23-33(40-25-41-36)28-13-15-31(39)16-14-28;/h8-18,22-23,25,34-35,42,46H,5-7,19-21,24H2,1-4H3,(H,43,45)(H,40,41,44);1H/t34-,35+;/m0./s1. The zero-order valence-corrected chi connectivity index (χ0v) is 28.5. The van der Waals surface area contributed by atoms with Crippen LogP contribution < -0.4 is 16.0 Å². The number of aliphatic hydroxyl groups is 1. The Labute approximate surface area is 284 Å². The van der Waals surface area contributed by atoms with Crippen LogP contribution in [0.2, 0.25) is 0 Å². The summed E-state index contributed by atoms with van der Waals surface area (Å²) in [4.78, 5) is 20.8. The quantitative estimate of drug-likeness (QED) is 0.132. The van der Waals surface area contributed by atoms with E-state index in [0.717, 1.165) is 42.5 Å². The lowest BCUT2D eigenvalue weighted by atomic mass is 9.74. The molecule has 1 saturated carbocycles. The highest BCUT2D eigenvalue weighted by atomic mass is 35.5. The molecule has 1 aromatic heterocycles. The average Bonchev–Trinajstić information content (AvgIpc) is 3.04. The minimum Gasteiger partial charge on any atom is -0.390 e. The Hall–Kier alpha value is -3.85. The van der Waals surface area contributed by atoms with Gasteiger partial charge in [-0.3, -0.25) is 4.79 Å². The number of hydrogen-bond acceptors (Lipinski definition) is 6. The number of carbonyl (C=O) groups is 1. The van der Waals surface area contributed by atoms with E-state index in [1.54, 1.807) is 12.1 Å². The maximum Gasteiger partial charge on any atom is 0.217 e. The van der Waals surface area contributed by atoms with E-state index in [0.29, 0.717) is 24.5 Å². The number of aromatic nitrogens is 2. The molecule has 9 heteroatoms. The fraction of sp³-hybridized carbons (Fsp3) is 0.395. The number of rotatable bonds is 11. The first-order valence-corrected chi connectivity index (χ1v) is 16.3. The molecular formula is C38H47ClFN5O2. The fourth-order valence-corrected chi connectivity index (χ4v) is 6.32. The topological polar surface area (TPSA) is 99.2 Å². The van der Waals surface area contributed by atoms with Crippen molar-refractivity contribution in [2.45, 2.75) is 89.3 Å². The molecule has 0 aliphatic heterocycles. The Morgan fingerprint density at radius 1 is 0.957 bits per heavy atom. The van der Waals surface area contributed by atoms with Gasteiger partial charge in [0.25, 0.3) is 0 Å². The number of nitrogens with one attached hydrogen (secondary N) is 3. The van der Waals surface area contributed by atoms with Crippen molar-refractivity contribution in [1.29, 1.82) is 0 Å². The molecule has 0 bridgehead atoms. The normalized spacial score (nSPS) is 15.6. The molecule has 1 fully saturated rings. The average molecular weight is 660 g/mol. The van der Waals surface area contributed by atoms with Crippen LogP contribution in [0.1, 0.15) is 76.5 Å². The summed E-state index contributed by atoms with van der Waals surface area (Å²) in [5.74, 6) is 0.147. The van der Waals surface area contributed by atoms with E-state index in [1.807, 2.05) is 30.3 Å². The van der Waals surface area contributed by atoms with Crippen molar-refractivity contribution in [3.8, 4) is 11.3 Å². The molecule has 1 aliphatic rings. The fourth-order valence-electron chi connectivity index (χ4n) is 6.32. The molecule has 0 radical (unpaired) electrons. The van der Waals surface area contributed by atoms with E-state index >= 15 is 0 Å². The van der Waals surface area contributed by atoms with Crippen LogP contribution in [-0.4, -0.2) is 39.7 Å². The summed E-state index contributed by atoms with van der Waals surface area (Å²) in [6.45, 7) is 8.56. The molecule has 47 heavy (non-hydrogen) atoms. The molecule has 3 aromatic carbocycles. The molecule has 2 atom stereocenters. The first-order chi connectivity index (χ1) is 22.0. The molecule has 1 heterocycles. The predicted molar refractivity (Wildman–Crippen MR) is 190 cm³/mol. The zero-order chi connectivity index (χ0) is 32.7. The highest BCUT2D eigenvalue weighted by Gasteiger charge is 2.35. The van der Waals surface area contributed by atoms with Crippen LogP contribution in [0, 0.1) is 5.82 Å². The van der Waals surface area contributed by atoms with Crippen molar-refractivity contribution < 1.29 is 14.3 Å². The van der Waals surface area contributed by atoms with E-state index in [-0.39, 0.29) is 35.1 Å². The number of carbonyl (C=O) groups excluding carboxylic acids is 1. The second-order valence-electron chi connectivity index (χ2n) is 13.6. The molecule has 4 N–H and O–H groups in total. The summed E-state index contributed by atoms with van der Waals surface area (Å²) in [5, 5.41) is 21.5. The number of halogens is 2. The van der Waals surface area contributed by atoms with Gasteiger partial charge >= 0.3 is 0 Å². The maximum atomic E-state index is 13.3. The van der Waals surface area contributed by atoms with Crippen molar-refractivity contribution in [2.75, 3.05) is 11.9 Å². The van der Waals surface area contributed by atoms with Gasteiger partial charge in [0.15, 0.2) is 0 Å². The largest absolute Gasteiger partial charge is 0.390 e. The highest BCUT2D eigenvalue weighted by Crippen LogP contribution is 2.38. The molecule has 7 nitrogen and oxygen atoms in total. The Bertz CT molecular complexity index is 1600. The SMILES string of the molecule is CC(=O)N[C@@H](Cc1ccc(Nc2cc(-c3ccc(F)cc3)ncn2)cc1)[C@H](O)CNC1(c2cccc(C(C)(C)C)c2)CCCCC1.Cl. The van der Waals surface area contributed by atoms with E-state index in [4.69, 9.17) is 0 Å². The molecule has 1 amide bonds. The van der Waals surface area contributed by atoms with Gasteiger partial charge in [-0.15, -0.1) is 12.4 Å². The maximum absolute atomic E-state index is 13.3. The van der Waals surface area contributed by atoms with Crippen molar-refractivity contribution in [2.24, 2.45) is 0 Å². The summed E-state index contributed by atoms with van der Waals surface area (Å²) in [7, 11) is 0. The lowest BCUT2D eigenvalue weighted by Crippen LogP contribution is -2.53. The van der Waals surface area contributed by atoms with Crippen LogP contribution in [-0.2, 0) is 22.2 Å². The van der Waals surface area contributed by atoms with Gasteiger partial charge in [0.2, 0.25) is 5.91 Å². The number of nitrogens with zero attached hydrogens (tertiary/aromatic N) is 2. The van der Waals surface area contributed by atoms with E-state index in [2.05, 4.69) is 71.0 Å². The van der Waals surface area contributed by atoms with Gasteiger partial charge in [-0.2, -0.15) is 0 Å². The third-order valence-electron chi connectivity index (χ3n) is 8.98. The van der Waals surface area contributed by atoms with Crippen molar-refractivity contribution in [3.63, 3.8) is 0 Å². The van der Waals surface area contributed by atoms with Gasteiger partial charge in [-0.05, 0) is 77.8 Å². The number of anilines is 2. The molecule has 4 aromatic rings. The first-order valence-electron chi connectivity index (χ1n) is 16.3. The lowest BCUT2D eigenvalue weighted by Gasteiger charge is -2.41. The van der Waals surface area contributed by atoms with Crippen LogP contribution in [0.3, 0.4) is 0 Å². The molecule has 0 saturated heterocycles. The van der Waals surface area contributed by atoms with Crippen molar-refractivity contribution in [1.82, 2.24) is 20.6 Å². The second-order valence-corrected chi connectivity index (χ2v) is 13.6. The minimum atomic E-state index is -0.780. The number of benzene rings is 3. The Morgan fingerprint density at radius 3 is 2.32 bits per heavy atom.